The number of benzene rings is 1. The van der Waals surface area contributed by atoms with E-state index >= 15 is 0 Å². The molecule has 1 aromatic carbocycles. The van der Waals surface area contributed by atoms with Crippen molar-refractivity contribution < 1.29 is 4.79 Å². The standard InChI is InChI=1S/C17H20BrN3O/c1-12(22)20-10-13-4-3-9-21(11-13)16-7-8-19-17-14(16)5-2-6-15(17)18/h2,5-8,13H,3-4,9-11H2,1H3,(H,20,22). The topological polar surface area (TPSA) is 45.2 Å². The van der Waals surface area contributed by atoms with Gasteiger partial charge in [0, 0.05) is 48.3 Å². The summed E-state index contributed by atoms with van der Waals surface area (Å²) in [6.07, 6.45) is 4.20. The second-order valence-corrected chi connectivity index (χ2v) is 6.71. The van der Waals surface area contributed by atoms with Crippen molar-refractivity contribution >= 4 is 38.4 Å². The molecule has 1 unspecified atom stereocenters. The van der Waals surface area contributed by atoms with Crippen molar-refractivity contribution in [2.45, 2.75) is 19.8 Å². The smallest absolute Gasteiger partial charge is 0.216 e. The maximum absolute atomic E-state index is 11.1. The van der Waals surface area contributed by atoms with Crippen LogP contribution in [0.1, 0.15) is 19.8 Å². The van der Waals surface area contributed by atoms with Crippen molar-refractivity contribution in [1.82, 2.24) is 10.3 Å². The Balaban J connectivity index is 1.84. The van der Waals surface area contributed by atoms with Gasteiger partial charge in [-0.3, -0.25) is 9.78 Å². The third-order valence-electron chi connectivity index (χ3n) is 4.20. The molecule has 1 aliphatic heterocycles. The summed E-state index contributed by atoms with van der Waals surface area (Å²) in [5.41, 5.74) is 2.24. The number of pyridine rings is 1. The van der Waals surface area contributed by atoms with E-state index in [1.165, 1.54) is 17.5 Å². The van der Waals surface area contributed by atoms with E-state index in [0.717, 1.165) is 36.0 Å². The fraction of sp³-hybridized carbons (Fsp3) is 0.412. The number of para-hydroxylation sites is 1. The molecule has 0 aliphatic carbocycles. The Kier molecular flexibility index (Phi) is 4.62. The van der Waals surface area contributed by atoms with Gasteiger partial charge in [0.1, 0.15) is 0 Å². The highest BCUT2D eigenvalue weighted by Crippen LogP contribution is 2.32. The molecule has 0 spiro atoms. The molecule has 2 heterocycles. The van der Waals surface area contributed by atoms with Gasteiger partial charge in [-0.05, 0) is 46.8 Å². The highest BCUT2D eigenvalue weighted by Gasteiger charge is 2.21. The lowest BCUT2D eigenvalue weighted by Gasteiger charge is -2.35. The second kappa shape index (κ2) is 6.65. The van der Waals surface area contributed by atoms with E-state index in [0.29, 0.717) is 5.92 Å². The summed E-state index contributed by atoms with van der Waals surface area (Å²) in [6, 6.07) is 8.29. The first-order chi connectivity index (χ1) is 10.6. The minimum absolute atomic E-state index is 0.0513. The van der Waals surface area contributed by atoms with Crippen LogP contribution in [0.4, 0.5) is 5.69 Å². The summed E-state index contributed by atoms with van der Waals surface area (Å²) in [5.74, 6) is 0.559. The number of amides is 1. The maximum Gasteiger partial charge on any atom is 0.216 e. The van der Waals surface area contributed by atoms with Gasteiger partial charge in [0.25, 0.3) is 0 Å². The third kappa shape index (κ3) is 3.24. The molecule has 5 heteroatoms. The van der Waals surface area contributed by atoms with Crippen LogP contribution in [0, 0.1) is 5.92 Å². The third-order valence-corrected chi connectivity index (χ3v) is 4.84. The Labute approximate surface area is 139 Å². The van der Waals surface area contributed by atoms with Crippen molar-refractivity contribution in [2.75, 3.05) is 24.5 Å². The zero-order valence-corrected chi connectivity index (χ0v) is 14.3. The minimum atomic E-state index is 0.0513. The molecule has 1 amide bonds. The molecule has 3 rings (SSSR count). The zero-order valence-electron chi connectivity index (χ0n) is 12.7. The van der Waals surface area contributed by atoms with Crippen LogP contribution >= 0.6 is 15.9 Å². The highest BCUT2D eigenvalue weighted by atomic mass is 79.9. The van der Waals surface area contributed by atoms with Gasteiger partial charge >= 0.3 is 0 Å². The zero-order chi connectivity index (χ0) is 15.5. The maximum atomic E-state index is 11.1. The van der Waals surface area contributed by atoms with E-state index in [4.69, 9.17) is 0 Å². The Hall–Kier alpha value is -1.62. The highest BCUT2D eigenvalue weighted by molar-refractivity contribution is 9.10. The Morgan fingerprint density at radius 2 is 2.32 bits per heavy atom. The number of halogens is 1. The minimum Gasteiger partial charge on any atom is -0.371 e. The van der Waals surface area contributed by atoms with Crippen LogP contribution in [0.25, 0.3) is 10.9 Å². The van der Waals surface area contributed by atoms with E-state index in [9.17, 15) is 4.79 Å². The predicted molar refractivity (Wildman–Crippen MR) is 93.1 cm³/mol. The van der Waals surface area contributed by atoms with Crippen molar-refractivity contribution in [3.05, 3.63) is 34.9 Å². The lowest BCUT2D eigenvalue weighted by Crippen LogP contribution is -2.40. The molecule has 0 bridgehead atoms. The van der Waals surface area contributed by atoms with E-state index < -0.39 is 0 Å². The van der Waals surface area contributed by atoms with E-state index in [2.05, 4.69) is 49.3 Å². The molecule has 1 aliphatic rings. The molecular formula is C17H20BrN3O. The van der Waals surface area contributed by atoms with Gasteiger partial charge in [0.15, 0.2) is 0 Å². The molecule has 1 saturated heterocycles. The number of aromatic nitrogens is 1. The summed E-state index contributed by atoms with van der Waals surface area (Å²) >= 11 is 3.58. The lowest BCUT2D eigenvalue weighted by molar-refractivity contribution is -0.119. The van der Waals surface area contributed by atoms with Crippen LogP contribution in [-0.4, -0.2) is 30.5 Å². The van der Waals surface area contributed by atoms with Crippen molar-refractivity contribution in [2.24, 2.45) is 5.92 Å². The number of nitrogens with zero attached hydrogens (tertiary/aromatic N) is 2. The number of hydrogen-bond donors (Lipinski definition) is 1. The number of piperidine rings is 1. The van der Waals surface area contributed by atoms with Crippen molar-refractivity contribution in [1.29, 1.82) is 0 Å². The van der Waals surface area contributed by atoms with E-state index in [-0.39, 0.29) is 5.91 Å². The SMILES string of the molecule is CC(=O)NCC1CCCN(c2ccnc3c(Br)cccc23)C1. The normalized spacial score (nSPS) is 18.5. The van der Waals surface area contributed by atoms with Crippen molar-refractivity contribution in [3.8, 4) is 0 Å². The van der Waals surface area contributed by atoms with Crippen molar-refractivity contribution in [3.63, 3.8) is 0 Å². The number of carbonyl (C=O) groups is 1. The molecule has 22 heavy (non-hydrogen) atoms. The summed E-state index contributed by atoms with van der Waals surface area (Å²) in [6.45, 7) is 4.38. The molecule has 2 aromatic rings. The van der Waals surface area contributed by atoms with Crippen LogP contribution in [0.3, 0.4) is 0 Å². The number of fused-ring (bicyclic) bond motifs is 1. The molecule has 4 nitrogen and oxygen atoms in total. The number of anilines is 1. The fourth-order valence-corrected chi connectivity index (χ4v) is 3.61. The monoisotopic (exact) mass is 361 g/mol. The largest absolute Gasteiger partial charge is 0.371 e. The molecule has 0 radical (unpaired) electrons. The van der Waals surface area contributed by atoms with Gasteiger partial charge in [-0.1, -0.05) is 12.1 Å². The number of rotatable bonds is 3. The van der Waals surface area contributed by atoms with E-state index in [1.807, 2.05) is 12.3 Å². The predicted octanol–water partition coefficient (Wildman–Crippen LogP) is 3.35. The molecule has 0 saturated carbocycles. The first-order valence-corrected chi connectivity index (χ1v) is 8.47. The second-order valence-electron chi connectivity index (χ2n) is 5.86. The molecule has 1 atom stereocenters. The number of carbonyl (C=O) groups excluding carboxylic acids is 1. The van der Waals surface area contributed by atoms with Gasteiger partial charge in [0.2, 0.25) is 5.91 Å². The average Bonchev–Trinajstić information content (AvgIpc) is 2.53. The average molecular weight is 362 g/mol. The van der Waals surface area contributed by atoms with Crippen LogP contribution in [0.2, 0.25) is 0 Å². The van der Waals surface area contributed by atoms with Gasteiger partial charge in [-0.15, -0.1) is 0 Å². The Morgan fingerprint density at radius 3 is 3.14 bits per heavy atom. The van der Waals surface area contributed by atoms with Crippen LogP contribution < -0.4 is 10.2 Å². The van der Waals surface area contributed by atoms with Gasteiger partial charge in [0.05, 0.1) is 5.52 Å². The van der Waals surface area contributed by atoms with Gasteiger partial charge in [-0.25, -0.2) is 0 Å². The lowest BCUT2D eigenvalue weighted by atomic mass is 9.97. The molecule has 1 aromatic heterocycles. The Morgan fingerprint density at radius 1 is 1.45 bits per heavy atom. The summed E-state index contributed by atoms with van der Waals surface area (Å²) in [4.78, 5) is 18.0. The first-order valence-electron chi connectivity index (χ1n) is 7.68. The summed E-state index contributed by atoms with van der Waals surface area (Å²) in [5, 5.41) is 4.13. The molecule has 1 fully saturated rings. The van der Waals surface area contributed by atoms with Gasteiger partial charge < -0.3 is 10.2 Å². The van der Waals surface area contributed by atoms with E-state index in [1.54, 1.807) is 6.92 Å². The van der Waals surface area contributed by atoms with Crippen LogP contribution in [0.5, 0.6) is 0 Å². The fourth-order valence-electron chi connectivity index (χ4n) is 3.14. The number of nitrogens with one attached hydrogen (secondary N) is 1. The Bertz CT molecular complexity index is 689. The van der Waals surface area contributed by atoms with Crippen LogP contribution in [0.15, 0.2) is 34.9 Å². The first kappa shape index (κ1) is 15.3. The molecule has 1 N–H and O–H groups in total. The van der Waals surface area contributed by atoms with Gasteiger partial charge in [-0.2, -0.15) is 0 Å². The molecular weight excluding hydrogens is 342 g/mol. The number of hydrogen-bond acceptors (Lipinski definition) is 3. The quantitative estimate of drug-likeness (QED) is 0.911. The molecule has 116 valence electrons. The summed E-state index contributed by atoms with van der Waals surface area (Å²) in [7, 11) is 0. The summed E-state index contributed by atoms with van der Waals surface area (Å²) < 4.78 is 1.03. The van der Waals surface area contributed by atoms with Crippen LogP contribution in [-0.2, 0) is 4.79 Å².